The molecule has 1 N–H and O–H groups in total. The number of benzene rings is 1. The predicted molar refractivity (Wildman–Crippen MR) is 157 cm³/mol. The van der Waals surface area contributed by atoms with Crippen LogP contribution in [0.25, 0.3) is 0 Å². The Labute approximate surface area is 226 Å². The van der Waals surface area contributed by atoms with Gasteiger partial charge in [0, 0.05) is 6.42 Å². The first kappa shape index (κ1) is 33.0. The van der Waals surface area contributed by atoms with Crippen LogP contribution in [0.1, 0.15) is 118 Å². The summed E-state index contributed by atoms with van der Waals surface area (Å²) in [4.78, 5) is 24.1. The van der Waals surface area contributed by atoms with Crippen LogP contribution < -0.4 is 8.90 Å². The third-order valence-corrected chi connectivity index (χ3v) is 22.7. The molecule has 0 spiro atoms. The zero-order valence-corrected chi connectivity index (χ0v) is 27.2. The molecule has 0 aliphatic rings. The van der Waals surface area contributed by atoms with Gasteiger partial charge in [0.1, 0.15) is 5.60 Å². The second kappa shape index (κ2) is 18.3. The van der Waals surface area contributed by atoms with Crippen molar-refractivity contribution in [1.82, 2.24) is 5.32 Å². The van der Waals surface area contributed by atoms with E-state index in [9.17, 15) is 9.59 Å². The molecule has 0 bridgehead atoms. The molecule has 0 aliphatic heterocycles. The maximum absolute atomic E-state index is 12.3. The second-order valence-electron chi connectivity index (χ2n) is 11.5. The van der Waals surface area contributed by atoms with Crippen LogP contribution in [0.4, 0.5) is 0 Å². The van der Waals surface area contributed by atoms with E-state index in [1.165, 1.54) is 57.4 Å². The third kappa shape index (κ3) is 14.0. The van der Waals surface area contributed by atoms with E-state index in [2.05, 4.69) is 50.4 Å². The first-order valence-electron chi connectivity index (χ1n) is 14.7. The Balaban J connectivity index is 2.48. The summed E-state index contributed by atoms with van der Waals surface area (Å²) in [7, 11) is 0. The number of carbonyl (C=O) groups excluding carboxylic acids is 2. The molecule has 0 atom stereocenters. The van der Waals surface area contributed by atoms with Crippen molar-refractivity contribution in [3.63, 3.8) is 0 Å². The van der Waals surface area contributed by atoms with Gasteiger partial charge >= 0.3 is 185 Å². The number of aryl methyl sites for hydroxylation is 1. The van der Waals surface area contributed by atoms with Crippen LogP contribution in [0.15, 0.2) is 24.3 Å². The fraction of sp³-hybridized carbons (Fsp3) is 0.742. The number of rotatable bonds is 19. The van der Waals surface area contributed by atoms with E-state index in [1.807, 2.05) is 20.8 Å². The van der Waals surface area contributed by atoms with E-state index in [0.29, 0.717) is 19.4 Å². The molecule has 0 aliphatic carbocycles. The number of unbranched alkanes of at least 4 members (excludes halogenated alkanes) is 5. The van der Waals surface area contributed by atoms with Crippen LogP contribution in [0.3, 0.4) is 0 Å². The van der Waals surface area contributed by atoms with Gasteiger partial charge in [0.25, 0.3) is 0 Å². The molecule has 0 fully saturated rings. The predicted octanol–water partition coefficient (Wildman–Crippen LogP) is 7.69. The monoisotopic (exact) mass is 609 g/mol. The fourth-order valence-electron chi connectivity index (χ4n) is 4.92. The van der Waals surface area contributed by atoms with Gasteiger partial charge in [0.05, 0.1) is 0 Å². The summed E-state index contributed by atoms with van der Waals surface area (Å²) in [5.41, 5.74) is 0.851. The molecule has 0 heterocycles. The molecule has 206 valence electrons. The van der Waals surface area contributed by atoms with Gasteiger partial charge in [-0.25, -0.2) is 0 Å². The Kier molecular flexibility index (Phi) is 16.7. The van der Waals surface area contributed by atoms with Crippen LogP contribution >= 0.6 is 0 Å². The van der Waals surface area contributed by atoms with Crippen molar-refractivity contribution in [1.29, 1.82) is 0 Å². The third-order valence-electron chi connectivity index (χ3n) is 7.03. The summed E-state index contributed by atoms with van der Waals surface area (Å²) in [5.74, 6) is -0.0199. The molecule has 1 aromatic rings. The fourth-order valence-corrected chi connectivity index (χ4v) is 20.8. The van der Waals surface area contributed by atoms with Crippen LogP contribution in [0, 0.1) is 0 Å². The van der Waals surface area contributed by atoms with Gasteiger partial charge in [-0.1, -0.05) is 0 Å². The molecule has 1 rings (SSSR count). The minimum atomic E-state index is -2.36. The van der Waals surface area contributed by atoms with Crippen molar-refractivity contribution in [3.05, 3.63) is 29.8 Å². The summed E-state index contributed by atoms with van der Waals surface area (Å²) in [6.45, 7) is 13.3. The normalized spacial score (nSPS) is 11.9. The summed E-state index contributed by atoms with van der Waals surface area (Å²) in [5, 5.41) is 3.04. The van der Waals surface area contributed by atoms with E-state index in [-0.39, 0.29) is 11.9 Å². The van der Waals surface area contributed by atoms with Crippen LogP contribution in [-0.2, 0) is 20.7 Å². The molecule has 0 saturated heterocycles. The zero-order chi connectivity index (χ0) is 26.9. The van der Waals surface area contributed by atoms with Crippen molar-refractivity contribution in [2.75, 3.05) is 6.54 Å². The van der Waals surface area contributed by atoms with E-state index >= 15 is 0 Å². The van der Waals surface area contributed by atoms with E-state index in [0.717, 1.165) is 25.7 Å². The quantitative estimate of drug-likeness (QED) is 0.0996. The summed E-state index contributed by atoms with van der Waals surface area (Å²) in [6, 6.07) is 9.48. The van der Waals surface area contributed by atoms with Gasteiger partial charge < -0.3 is 4.74 Å². The standard InChI is InChI=1S/C19H28NO3.3C4H9.Sn/c1-19(2,3)23-18(22)12-8-5-9-15-20-17(21)14-13-16-10-6-4-7-11-16;3*1-3-4-2;/h6-7,10-11H,5,8-9,12-15H2,1-3H3,(H,20,21);3*1,3-4H2,2H3;. The molecule has 0 radical (unpaired) electrons. The van der Waals surface area contributed by atoms with Crippen LogP contribution in [-0.4, -0.2) is 42.4 Å². The van der Waals surface area contributed by atoms with Gasteiger partial charge in [0.15, 0.2) is 0 Å². The first-order valence-corrected chi connectivity index (χ1v) is 22.2. The molecule has 0 saturated carbocycles. The number of hydrogen-bond acceptors (Lipinski definition) is 3. The number of carbonyl (C=O) groups is 2. The van der Waals surface area contributed by atoms with Gasteiger partial charge in [0.2, 0.25) is 0 Å². The molecule has 36 heavy (non-hydrogen) atoms. The Morgan fingerprint density at radius 3 is 1.83 bits per heavy atom. The Morgan fingerprint density at radius 1 is 0.778 bits per heavy atom. The molecule has 0 aromatic heterocycles. The number of nitrogens with one attached hydrogen (secondary N) is 1. The average Bonchev–Trinajstić information content (AvgIpc) is 2.84. The van der Waals surface area contributed by atoms with Gasteiger partial charge in [-0.3, -0.25) is 4.79 Å². The van der Waals surface area contributed by atoms with E-state index in [4.69, 9.17) is 4.74 Å². The summed E-state index contributed by atoms with van der Waals surface area (Å²) in [6.07, 6.45) is 12.4. The number of esters is 1. The number of amides is 1. The maximum atomic E-state index is 12.3. The topological polar surface area (TPSA) is 55.4 Å². The van der Waals surface area contributed by atoms with Crippen molar-refractivity contribution in [3.8, 4) is 0 Å². The van der Waals surface area contributed by atoms with Crippen LogP contribution in [0.5, 0.6) is 0 Å². The van der Waals surface area contributed by atoms with Crippen molar-refractivity contribution in [2.45, 2.75) is 138 Å². The number of ether oxygens (including phenoxy) is 1. The molecular formula is C31H55NO3Sn. The first-order chi connectivity index (χ1) is 17.2. The van der Waals surface area contributed by atoms with E-state index in [1.54, 1.807) is 3.58 Å². The molecule has 5 heteroatoms. The van der Waals surface area contributed by atoms with Crippen molar-refractivity contribution >= 4 is 33.8 Å². The summed E-state index contributed by atoms with van der Waals surface area (Å²) >= 11 is -2.36. The SMILES string of the molecule is CCC[CH2][Sn]([CH2]CCC)([CH2]CCC)[c]1ccc(CCC(=O)NCCCCCC(=O)OC(C)(C)C)cc1. The Bertz CT molecular complexity index is 717. The molecular weight excluding hydrogens is 553 g/mol. The molecule has 0 unspecified atom stereocenters. The molecule has 1 amide bonds. The Hall–Kier alpha value is -1.04. The van der Waals surface area contributed by atoms with Gasteiger partial charge in [-0.2, -0.15) is 0 Å². The van der Waals surface area contributed by atoms with Gasteiger partial charge in [-0.15, -0.1) is 0 Å². The second-order valence-corrected chi connectivity index (χ2v) is 24.8. The van der Waals surface area contributed by atoms with Crippen molar-refractivity contribution in [2.24, 2.45) is 0 Å². The molecule has 4 nitrogen and oxygen atoms in total. The van der Waals surface area contributed by atoms with Crippen molar-refractivity contribution < 1.29 is 14.3 Å². The van der Waals surface area contributed by atoms with E-state index < -0.39 is 24.0 Å². The number of hydrogen-bond donors (Lipinski definition) is 1. The Morgan fingerprint density at radius 2 is 1.33 bits per heavy atom. The summed E-state index contributed by atoms with van der Waals surface area (Å²) < 4.78 is 11.5. The minimum absolute atomic E-state index is 0.119. The zero-order valence-electron chi connectivity index (χ0n) is 24.3. The molecule has 1 aromatic carbocycles. The average molecular weight is 608 g/mol. The van der Waals surface area contributed by atoms with Gasteiger partial charge in [-0.05, 0) is 20.8 Å². The van der Waals surface area contributed by atoms with Crippen LogP contribution in [0.2, 0.25) is 13.3 Å².